The fourth-order valence-electron chi connectivity index (χ4n) is 2.42. The Hall–Kier alpha value is -2.46. The number of aromatic nitrogens is 2. The largest absolute Gasteiger partial charge is 0.373 e. The lowest BCUT2D eigenvalue weighted by Crippen LogP contribution is -2.34. The molecule has 0 fully saturated rings. The van der Waals surface area contributed by atoms with Crippen molar-refractivity contribution < 1.29 is 0 Å². The summed E-state index contributed by atoms with van der Waals surface area (Å²) in [5.41, 5.74) is 2.42. The van der Waals surface area contributed by atoms with E-state index in [9.17, 15) is 0 Å². The summed E-state index contributed by atoms with van der Waals surface area (Å²) in [5.74, 6) is 1.64. The van der Waals surface area contributed by atoms with Crippen LogP contribution >= 0.6 is 0 Å². The number of hydrogen-bond acceptors (Lipinski definition) is 4. The van der Waals surface area contributed by atoms with Gasteiger partial charge in [-0.1, -0.05) is 75.2 Å². The summed E-state index contributed by atoms with van der Waals surface area (Å²) in [6.45, 7) is 9.60. The van der Waals surface area contributed by atoms with Crippen LogP contribution in [0.5, 0.6) is 0 Å². The van der Waals surface area contributed by atoms with Gasteiger partial charge in [0.2, 0.25) is 0 Å². The molecule has 1 N–H and O–H groups in total. The third-order valence-electron chi connectivity index (χ3n) is 4.22. The number of rotatable bonds is 4. The highest BCUT2D eigenvalue weighted by atomic mass is 15.0. The average Bonchev–Trinajstić information content (AvgIpc) is 2.73. The van der Waals surface area contributed by atoms with Crippen LogP contribution in [0.25, 0.3) is 24.3 Å². The van der Waals surface area contributed by atoms with Crippen LogP contribution in [0, 0.1) is 6.92 Å². The van der Waals surface area contributed by atoms with Crippen molar-refractivity contribution in [3.05, 3.63) is 51.8 Å². The molecule has 0 spiro atoms. The third-order valence-corrected chi connectivity index (χ3v) is 4.22. The normalized spacial score (nSPS) is 12.0. The van der Waals surface area contributed by atoms with Crippen LogP contribution in [0.15, 0.2) is 24.3 Å². The van der Waals surface area contributed by atoms with E-state index in [1.807, 2.05) is 19.2 Å². The molecule has 1 aliphatic carbocycles. The first-order chi connectivity index (χ1) is 13.9. The van der Waals surface area contributed by atoms with Crippen LogP contribution in [0.2, 0.25) is 0 Å². The van der Waals surface area contributed by atoms with Crippen molar-refractivity contribution in [1.29, 1.82) is 0 Å². The van der Waals surface area contributed by atoms with Gasteiger partial charge in [0.1, 0.15) is 5.82 Å². The monoisotopic (exact) mass is 394 g/mol. The molecule has 0 unspecified atom stereocenters. The van der Waals surface area contributed by atoms with Crippen molar-refractivity contribution in [2.45, 2.75) is 47.0 Å². The van der Waals surface area contributed by atoms with E-state index in [2.05, 4.69) is 98.4 Å². The van der Waals surface area contributed by atoms with Gasteiger partial charge in [0.15, 0.2) is 5.82 Å². The van der Waals surface area contributed by atoms with Crippen LogP contribution in [0.1, 0.15) is 57.0 Å². The summed E-state index contributed by atoms with van der Waals surface area (Å²) < 4.78 is 0. The van der Waals surface area contributed by atoms with Crippen molar-refractivity contribution in [2.24, 2.45) is 0 Å². The smallest absolute Gasteiger partial charge is 0.154 e. The summed E-state index contributed by atoms with van der Waals surface area (Å²) in [5, 5.41) is 5.32. The molecule has 1 heterocycles. The van der Waals surface area contributed by atoms with Crippen LogP contribution in [0.4, 0.5) is 5.82 Å². The highest BCUT2D eigenvalue weighted by Gasteiger charge is 2.03. The van der Waals surface area contributed by atoms with Crippen LogP contribution in [-0.4, -0.2) is 42.6 Å². The Balaban J connectivity index is 0.000000452. The Bertz CT molecular complexity index is 865. The molecule has 158 valence electrons. The van der Waals surface area contributed by atoms with E-state index in [0.29, 0.717) is 0 Å². The Morgan fingerprint density at radius 2 is 1.55 bits per heavy atom. The summed E-state index contributed by atoms with van der Waals surface area (Å²) in [6.07, 6.45) is 11.8. The molecule has 29 heavy (non-hydrogen) atoms. The number of nitrogens with one attached hydrogen (secondary N) is 1. The van der Waals surface area contributed by atoms with Crippen LogP contribution in [-0.2, 0) is 0 Å². The minimum atomic E-state index is 0.741. The predicted octanol–water partition coefficient (Wildman–Crippen LogP) is 4.34. The van der Waals surface area contributed by atoms with Gasteiger partial charge in [0.05, 0.1) is 5.35 Å². The third kappa shape index (κ3) is 9.05. The summed E-state index contributed by atoms with van der Waals surface area (Å²) >= 11 is 0. The average molecular weight is 395 g/mol. The molecule has 4 nitrogen and oxygen atoms in total. The lowest BCUT2D eigenvalue weighted by atomic mass is 10.1. The number of fused-ring (bicyclic) bond motifs is 1. The summed E-state index contributed by atoms with van der Waals surface area (Å²) in [6, 6.07) is 8.41. The molecule has 1 aromatic heterocycles. The molecule has 0 aliphatic heterocycles. The minimum absolute atomic E-state index is 0.741. The lowest BCUT2D eigenvalue weighted by molar-refractivity contribution is 0.434. The lowest BCUT2D eigenvalue weighted by Gasteiger charge is -2.06. The maximum Gasteiger partial charge on any atom is 0.154 e. The van der Waals surface area contributed by atoms with E-state index in [-0.39, 0.29) is 0 Å². The van der Waals surface area contributed by atoms with E-state index >= 15 is 0 Å². The van der Waals surface area contributed by atoms with Crippen molar-refractivity contribution in [1.82, 2.24) is 14.9 Å². The van der Waals surface area contributed by atoms with E-state index < -0.39 is 0 Å². The van der Waals surface area contributed by atoms with Gasteiger partial charge in [-0.05, 0) is 52.0 Å². The standard InChI is InChI=1S/C18H19N3.C4H11N.C3H8/c1-13-7-9-14(10-8-13)11-12-17-20-16-6-4-3-5-15(16)18(19-2)21-17;1-4-5(2)3;1-3-2/h5-12H,3-4H2,1-2H3,(H,19,20,21);4H2,1-3H3;3H2,1-2H3/b12-11+;;. The van der Waals surface area contributed by atoms with Crippen molar-refractivity contribution in [3.63, 3.8) is 0 Å². The Morgan fingerprint density at radius 1 is 0.966 bits per heavy atom. The SMILES string of the molecule is CCC.CCN(C)C.CNc1nc(/C=C/c2ccc(C)cc2)nc2c1=CCCC=2. The second kappa shape index (κ2) is 13.7. The highest BCUT2D eigenvalue weighted by Crippen LogP contribution is 2.07. The van der Waals surface area contributed by atoms with Gasteiger partial charge in [0.25, 0.3) is 0 Å². The molecule has 0 bridgehead atoms. The van der Waals surface area contributed by atoms with E-state index in [1.54, 1.807) is 0 Å². The molecule has 0 saturated carbocycles. The molecule has 0 saturated heterocycles. The number of nitrogens with zero attached hydrogens (tertiary/aromatic N) is 3. The zero-order valence-electron chi connectivity index (χ0n) is 19.3. The fourth-order valence-corrected chi connectivity index (χ4v) is 2.42. The van der Waals surface area contributed by atoms with Crippen molar-refractivity contribution >= 4 is 30.1 Å². The predicted molar refractivity (Wildman–Crippen MR) is 129 cm³/mol. The van der Waals surface area contributed by atoms with Gasteiger partial charge in [-0.2, -0.15) is 0 Å². The zero-order chi connectivity index (χ0) is 21.6. The minimum Gasteiger partial charge on any atom is -0.373 e. The Kier molecular flexibility index (Phi) is 11.6. The highest BCUT2D eigenvalue weighted by molar-refractivity contribution is 5.67. The van der Waals surface area contributed by atoms with Gasteiger partial charge < -0.3 is 10.2 Å². The molecule has 1 aromatic carbocycles. The Labute approximate surface area is 177 Å². The second-order valence-corrected chi connectivity index (χ2v) is 7.31. The van der Waals surface area contributed by atoms with E-state index in [0.717, 1.165) is 47.2 Å². The molecule has 4 heteroatoms. The topological polar surface area (TPSA) is 41.0 Å². The molecule has 3 rings (SSSR count). The molecule has 1 aliphatic rings. The van der Waals surface area contributed by atoms with Crippen LogP contribution in [0.3, 0.4) is 0 Å². The van der Waals surface area contributed by atoms with Crippen LogP contribution < -0.4 is 15.9 Å². The van der Waals surface area contributed by atoms with Crippen molar-refractivity contribution in [3.8, 4) is 0 Å². The summed E-state index contributed by atoms with van der Waals surface area (Å²) in [4.78, 5) is 11.3. The zero-order valence-corrected chi connectivity index (χ0v) is 19.3. The van der Waals surface area contributed by atoms with Gasteiger partial charge in [-0.3, -0.25) is 0 Å². The maximum absolute atomic E-state index is 4.63. The van der Waals surface area contributed by atoms with E-state index in [4.69, 9.17) is 0 Å². The molecule has 0 amide bonds. The van der Waals surface area contributed by atoms with Crippen molar-refractivity contribution in [2.75, 3.05) is 33.0 Å². The van der Waals surface area contributed by atoms with Gasteiger partial charge in [0, 0.05) is 12.3 Å². The molecular weight excluding hydrogens is 356 g/mol. The first-order valence-electron chi connectivity index (χ1n) is 10.6. The molecule has 0 radical (unpaired) electrons. The maximum atomic E-state index is 4.63. The first-order valence-corrected chi connectivity index (χ1v) is 10.6. The van der Waals surface area contributed by atoms with Gasteiger partial charge >= 0.3 is 0 Å². The molecular formula is C25H38N4. The second-order valence-electron chi connectivity index (χ2n) is 7.31. The molecule has 0 atom stereocenters. The fraction of sp³-hybridized carbons (Fsp3) is 0.440. The first kappa shape index (κ1) is 24.6. The van der Waals surface area contributed by atoms with Gasteiger partial charge in [-0.25, -0.2) is 9.97 Å². The number of anilines is 1. The number of aryl methyl sites for hydroxylation is 1. The quantitative estimate of drug-likeness (QED) is 0.838. The number of benzene rings is 1. The Morgan fingerprint density at radius 3 is 2.10 bits per heavy atom. The molecule has 2 aromatic rings. The van der Waals surface area contributed by atoms with Gasteiger partial charge in [-0.15, -0.1) is 0 Å². The number of hydrogen-bond donors (Lipinski definition) is 1. The van der Waals surface area contributed by atoms with E-state index in [1.165, 1.54) is 12.0 Å². The summed E-state index contributed by atoms with van der Waals surface area (Å²) in [7, 11) is 6.01.